The summed E-state index contributed by atoms with van der Waals surface area (Å²) >= 11 is 5.92. The first-order valence-corrected chi connectivity index (χ1v) is 13.0. The highest BCUT2D eigenvalue weighted by molar-refractivity contribution is 7.91. The van der Waals surface area contributed by atoms with Crippen LogP contribution in [0.5, 0.6) is 5.75 Å². The van der Waals surface area contributed by atoms with Gasteiger partial charge in [-0.15, -0.1) is 0 Å². The molecule has 2 heterocycles. The van der Waals surface area contributed by atoms with Crippen LogP contribution < -0.4 is 20.8 Å². The number of hydrogen-bond donors (Lipinski definition) is 2. The molecule has 2 aromatic heterocycles. The van der Waals surface area contributed by atoms with Crippen LogP contribution in [0.1, 0.15) is 25.5 Å². The number of pyridine rings is 1. The van der Waals surface area contributed by atoms with Crippen molar-refractivity contribution < 1.29 is 26.3 Å². The van der Waals surface area contributed by atoms with Crippen molar-refractivity contribution in [3.8, 4) is 16.9 Å². The Morgan fingerprint density at radius 2 is 1.84 bits per heavy atom. The molecular weight excluding hydrogens is 547 g/mol. The smallest absolute Gasteiger partial charge is 0.260 e. The van der Waals surface area contributed by atoms with Gasteiger partial charge in [0, 0.05) is 33.8 Å². The monoisotopic (exact) mass is 567 g/mol. The lowest BCUT2D eigenvalue weighted by atomic mass is 10.0. The molecule has 0 atom stereocenters. The number of nitrogen functional groups attached to an aromatic ring is 1. The molecule has 0 unspecified atom stereocenters. The summed E-state index contributed by atoms with van der Waals surface area (Å²) in [5.74, 6) is -5.60. The average molecular weight is 568 g/mol. The SMILES string of the molecule is COc1ccc(Cl)cc1CS(=O)(=O)Nc1c(F)cc(-c2cc3cnc(N)nc3n(C(C)C)c2=O)c(F)c1F. The van der Waals surface area contributed by atoms with E-state index in [1.54, 1.807) is 18.6 Å². The molecule has 0 radical (unpaired) electrons. The van der Waals surface area contributed by atoms with Crippen LogP contribution in [0.15, 0.2) is 41.3 Å². The molecule has 200 valence electrons. The molecule has 2 aromatic carbocycles. The van der Waals surface area contributed by atoms with Crippen LogP contribution >= 0.6 is 11.6 Å². The molecule has 0 fully saturated rings. The van der Waals surface area contributed by atoms with Crippen molar-refractivity contribution in [3.63, 3.8) is 0 Å². The Bertz CT molecular complexity index is 1750. The first kappa shape index (κ1) is 27.2. The lowest BCUT2D eigenvalue weighted by Crippen LogP contribution is -2.25. The number of sulfonamides is 1. The summed E-state index contributed by atoms with van der Waals surface area (Å²) in [6.45, 7) is 3.32. The second kappa shape index (κ2) is 10.1. The zero-order chi connectivity index (χ0) is 27.9. The third kappa shape index (κ3) is 5.11. The van der Waals surface area contributed by atoms with Gasteiger partial charge in [0.05, 0.1) is 18.4 Å². The minimum absolute atomic E-state index is 0.102. The number of nitrogens with zero attached hydrogens (tertiary/aromatic N) is 3. The number of nitrogens with one attached hydrogen (secondary N) is 1. The highest BCUT2D eigenvalue weighted by atomic mass is 35.5. The minimum atomic E-state index is -4.46. The number of hydrogen-bond acceptors (Lipinski definition) is 7. The summed E-state index contributed by atoms with van der Waals surface area (Å²) in [4.78, 5) is 21.1. The minimum Gasteiger partial charge on any atom is -0.496 e. The van der Waals surface area contributed by atoms with E-state index in [1.807, 2.05) is 0 Å². The number of aromatic nitrogens is 3. The lowest BCUT2D eigenvalue weighted by Gasteiger charge is -2.17. The topological polar surface area (TPSA) is 129 Å². The number of nitrogens with two attached hydrogens (primary N) is 1. The lowest BCUT2D eigenvalue weighted by molar-refractivity contribution is 0.411. The Labute approximate surface area is 220 Å². The molecule has 38 heavy (non-hydrogen) atoms. The summed E-state index contributed by atoms with van der Waals surface area (Å²) < 4.78 is 78.9. The largest absolute Gasteiger partial charge is 0.496 e. The molecule has 0 spiro atoms. The summed E-state index contributed by atoms with van der Waals surface area (Å²) in [6.07, 6.45) is 1.29. The molecule has 0 amide bonds. The van der Waals surface area contributed by atoms with Gasteiger partial charge in [-0.3, -0.25) is 14.1 Å². The highest BCUT2D eigenvalue weighted by Gasteiger charge is 2.27. The molecule has 0 bridgehead atoms. The van der Waals surface area contributed by atoms with Crippen LogP contribution in [0, 0.1) is 17.5 Å². The Balaban J connectivity index is 1.80. The fourth-order valence-corrected chi connectivity index (χ4v) is 5.35. The van der Waals surface area contributed by atoms with E-state index in [1.165, 1.54) is 42.1 Å². The van der Waals surface area contributed by atoms with E-state index in [-0.39, 0.29) is 38.9 Å². The fourth-order valence-electron chi connectivity index (χ4n) is 3.95. The number of methoxy groups -OCH3 is 1. The van der Waals surface area contributed by atoms with Crippen LogP contribution in [-0.2, 0) is 15.8 Å². The second-order valence-corrected chi connectivity index (χ2v) is 10.7. The molecule has 0 aliphatic carbocycles. The Hall–Kier alpha value is -3.84. The van der Waals surface area contributed by atoms with Crippen LogP contribution in [0.25, 0.3) is 22.2 Å². The standard InChI is InChI=1S/C24H21ClF3N5O4S/c1-11(2)33-22-12(9-30-24(29)31-22)7-16(23(33)34)15-8-17(26)21(20(28)19(15)27)32-38(35,36)10-13-6-14(25)4-5-18(13)37-3/h4-9,11,32H,10H2,1-3H3,(H2,29,30,31). The van der Waals surface area contributed by atoms with E-state index in [4.69, 9.17) is 22.1 Å². The Morgan fingerprint density at radius 1 is 1.13 bits per heavy atom. The van der Waals surface area contributed by atoms with Gasteiger partial charge in [0.15, 0.2) is 17.5 Å². The second-order valence-electron chi connectivity index (χ2n) is 8.56. The molecule has 0 saturated heterocycles. The quantitative estimate of drug-likeness (QED) is 0.311. The van der Waals surface area contributed by atoms with Crippen molar-refractivity contribution in [2.45, 2.75) is 25.6 Å². The number of ether oxygens (including phenoxy) is 1. The van der Waals surface area contributed by atoms with Gasteiger partial charge in [0.1, 0.15) is 17.1 Å². The number of rotatable bonds is 7. The molecule has 4 rings (SSSR count). The first-order valence-electron chi connectivity index (χ1n) is 11.0. The maximum absolute atomic E-state index is 15.3. The predicted octanol–water partition coefficient (Wildman–Crippen LogP) is 4.64. The Morgan fingerprint density at radius 3 is 2.50 bits per heavy atom. The summed E-state index contributed by atoms with van der Waals surface area (Å²) in [6, 6.07) is 5.46. The van der Waals surface area contributed by atoms with Gasteiger partial charge in [-0.1, -0.05) is 11.6 Å². The zero-order valence-electron chi connectivity index (χ0n) is 20.2. The van der Waals surface area contributed by atoms with Crippen molar-refractivity contribution in [3.05, 3.63) is 74.9 Å². The number of fused-ring (bicyclic) bond motifs is 1. The molecule has 0 saturated carbocycles. The van der Waals surface area contributed by atoms with Crippen molar-refractivity contribution in [1.82, 2.24) is 14.5 Å². The molecule has 14 heteroatoms. The van der Waals surface area contributed by atoms with E-state index < -0.39 is 56.1 Å². The maximum Gasteiger partial charge on any atom is 0.260 e. The first-order chi connectivity index (χ1) is 17.8. The maximum atomic E-state index is 15.3. The van der Waals surface area contributed by atoms with Crippen molar-refractivity contribution >= 4 is 44.3 Å². The summed E-state index contributed by atoms with van der Waals surface area (Å²) in [5, 5.41) is 0.474. The number of benzene rings is 2. The molecule has 9 nitrogen and oxygen atoms in total. The van der Waals surface area contributed by atoms with Gasteiger partial charge in [-0.05, 0) is 44.2 Å². The van der Waals surface area contributed by atoms with Gasteiger partial charge in [0.25, 0.3) is 5.56 Å². The van der Waals surface area contributed by atoms with E-state index in [2.05, 4.69) is 9.97 Å². The van der Waals surface area contributed by atoms with E-state index in [9.17, 15) is 13.2 Å². The average Bonchev–Trinajstić information content (AvgIpc) is 2.83. The van der Waals surface area contributed by atoms with E-state index >= 15 is 13.2 Å². The normalized spacial score (nSPS) is 11.8. The van der Waals surface area contributed by atoms with Crippen molar-refractivity contribution in [2.24, 2.45) is 0 Å². The fraction of sp³-hybridized carbons (Fsp3) is 0.208. The van der Waals surface area contributed by atoms with Gasteiger partial charge in [-0.2, -0.15) is 4.98 Å². The van der Waals surface area contributed by atoms with Gasteiger partial charge in [0.2, 0.25) is 16.0 Å². The number of halogens is 4. The summed E-state index contributed by atoms with van der Waals surface area (Å²) in [7, 11) is -3.16. The predicted molar refractivity (Wildman–Crippen MR) is 138 cm³/mol. The molecule has 3 N–H and O–H groups in total. The summed E-state index contributed by atoms with van der Waals surface area (Å²) in [5.41, 5.74) is 2.77. The zero-order valence-corrected chi connectivity index (χ0v) is 21.8. The van der Waals surface area contributed by atoms with Crippen LogP contribution in [-0.4, -0.2) is 30.1 Å². The van der Waals surface area contributed by atoms with Crippen molar-refractivity contribution in [2.75, 3.05) is 17.6 Å². The number of anilines is 2. The molecule has 0 aliphatic heterocycles. The van der Waals surface area contributed by atoms with Crippen molar-refractivity contribution in [1.29, 1.82) is 0 Å². The van der Waals surface area contributed by atoms with E-state index in [0.29, 0.717) is 6.07 Å². The van der Waals surface area contributed by atoms with E-state index in [0.717, 1.165) is 0 Å². The van der Waals surface area contributed by atoms with Crippen LogP contribution in [0.2, 0.25) is 5.02 Å². The molecular formula is C24H21ClF3N5O4S. The van der Waals surface area contributed by atoms with Gasteiger partial charge < -0.3 is 10.5 Å². The molecule has 4 aromatic rings. The molecule has 0 aliphatic rings. The third-order valence-electron chi connectivity index (χ3n) is 5.60. The van der Waals surface area contributed by atoms with Gasteiger partial charge in [-0.25, -0.2) is 26.6 Å². The van der Waals surface area contributed by atoms with Crippen LogP contribution in [0.4, 0.5) is 24.8 Å². The van der Waals surface area contributed by atoms with Crippen LogP contribution in [0.3, 0.4) is 0 Å². The Kier molecular flexibility index (Phi) is 7.26. The highest BCUT2D eigenvalue weighted by Crippen LogP contribution is 2.33. The van der Waals surface area contributed by atoms with Gasteiger partial charge >= 0.3 is 0 Å². The third-order valence-corrected chi connectivity index (χ3v) is 7.04.